The van der Waals surface area contributed by atoms with Gasteiger partial charge in [0.2, 0.25) is 0 Å². The van der Waals surface area contributed by atoms with E-state index >= 15 is 0 Å². The molecule has 0 aliphatic carbocycles. The van der Waals surface area contributed by atoms with Crippen molar-refractivity contribution in [1.82, 2.24) is 0 Å². The number of nitrogens with two attached hydrogens (primary N) is 3. The Hall–Kier alpha value is -0.520. The van der Waals surface area contributed by atoms with Crippen molar-refractivity contribution in [2.75, 3.05) is 0 Å². The Balaban J connectivity index is 1.78. The van der Waals surface area contributed by atoms with Crippen LogP contribution in [0.1, 0.15) is 20.8 Å². The monoisotopic (exact) mass is 453 g/mol. The molecule has 13 heteroatoms. The normalized spacial score (nSPS) is 56.4. The first-order chi connectivity index (χ1) is 14.4. The van der Waals surface area contributed by atoms with E-state index in [2.05, 4.69) is 0 Å². The van der Waals surface area contributed by atoms with Crippen molar-refractivity contribution in [3.05, 3.63) is 0 Å². The Morgan fingerprint density at radius 2 is 0.968 bits per heavy atom. The summed E-state index contributed by atoms with van der Waals surface area (Å²) in [6.07, 6.45) is -14.3. The third-order valence-electron chi connectivity index (χ3n) is 6.29. The maximum absolute atomic E-state index is 10.7. The molecular formula is C18H35N3O10. The second kappa shape index (κ2) is 9.77. The van der Waals surface area contributed by atoms with E-state index in [0.717, 1.165) is 0 Å². The fourth-order valence-electron chi connectivity index (χ4n) is 3.96. The second-order valence-corrected chi connectivity index (χ2v) is 8.55. The SMILES string of the molecule is C[C@H]1O[C@H](O[C@@H]2[C@@H](O[C@H]3[C@@H](O)[C@H](N)[C@@H](C)O[C@@H]3O)O[C@H](C)[C@@H](N)[C@@H]2O)[C@@H](O)[C@@H](O)[C@@H]1N. The third-order valence-corrected chi connectivity index (χ3v) is 6.29. The van der Waals surface area contributed by atoms with Crippen LogP contribution in [0.25, 0.3) is 0 Å². The number of aliphatic hydroxyl groups excluding tert-OH is 5. The van der Waals surface area contributed by atoms with E-state index in [1.165, 1.54) is 0 Å². The van der Waals surface area contributed by atoms with Gasteiger partial charge in [-0.3, -0.25) is 0 Å². The van der Waals surface area contributed by atoms with Gasteiger partial charge in [-0.1, -0.05) is 0 Å². The molecule has 0 bridgehead atoms. The summed E-state index contributed by atoms with van der Waals surface area (Å²) in [5, 5.41) is 51.9. The van der Waals surface area contributed by atoms with Crippen LogP contribution in [-0.2, 0) is 23.7 Å². The zero-order valence-electron chi connectivity index (χ0n) is 17.7. The Bertz CT molecular complexity index is 605. The molecule has 3 rings (SSSR count). The predicted molar refractivity (Wildman–Crippen MR) is 103 cm³/mol. The third kappa shape index (κ3) is 4.89. The lowest BCUT2D eigenvalue weighted by molar-refractivity contribution is -0.369. The second-order valence-electron chi connectivity index (χ2n) is 8.55. The number of aliphatic hydroxyl groups is 5. The van der Waals surface area contributed by atoms with Gasteiger partial charge in [-0.05, 0) is 20.8 Å². The molecule has 182 valence electrons. The Kier molecular flexibility index (Phi) is 7.91. The maximum atomic E-state index is 10.7. The van der Waals surface area contributed by atoms with Gasteiger partial charge in [0.25, 0.3) is 0 Å². The van der Waals surface area contributed by atoms with Gasteiger partial charge in [0.1, 0.15) is 36.6 Å². The summed E-state index contributed by atoms with van der Waals surface area (Å²) in [5.74, 6) is 0. The summed E-state index contributed by atoms with van der Waals surface area (Å²) >= 11 is 0. The van der Waals surface area contributed by atoms with E-state index in [1.807, 2.05) is 0 Å². The lowest BCUT2D eigenvalue weighted by Crippen LogP contribution is -2.68. The average molecular weight is 453 g/mol. The molecule has 3 aliphatic heterocycles. The number of hydrogen-bond donors (Lipinski definition) is 8. The van der Waals surface area contributed by atoms with Gasteiger partial charge < -0.3 is 66.4 Å². The van der Waals surface area contributed by atoms with Gasteiger partial charge >= 0.3 is 0 Å². The van der Waals surface area contributed by atoms with Crippen molar-refractivity contribution in [3.63, 3.8) is 0 Å². The molecule has 11 N–H and O–H groups in total. The molecule has 0 unspecified atom stereocenters. The van der Waals surface area contributed by atoms with Crippen LogP contribution in [0, 0.1) is 0 Å². The zero-order chi connectivity index (χ0) is 23.2. The molecule has 0 aromatic heterocycles. The van der Waals surface area contributed by atoms with Gasteiger partial charge in [-0.15, -0.1) is 0 Å². The maximum Gasteiger partial charge on any atom is 0.187 e. The first kappa shape index (κ1) is 25.1. The van der Waals surface area contributed by atoms with Gasteiger partial charge in [0.15, 0.2) is 18.9 Å². The molecule has 3 saturated heterocycles. The minimum absolute atomic E-state index is 0.625. The van der Waals surface area contributed by atoms with E-state index in [1.54, 1.807) is 20.8 Å². The van der Waals surface area contributed by atoms with Gasteiger partial charge in [0.05, 0.1) is 36.4 Å². The first-order valence-electron chi connectivity index (χ1n) is 10.4. The number of rotatable bonds is 4. The molecule has 0 amide bonds. The van der Waals surface area contributed by atoms with E-state index in [0.29, 0.717) is 0 Å². The van der Waals surface area contributed by atoms with Crippen LogP contribution in [0.15, 0.2) is 0 Å². The first-order valence-corrected chi connectivity index (χ1v) is 10.4. The minimum atomic E-state index is -1.52. The lowest BCUT2D eigenvalue weighted by atomic mass is 9.95. The van der Waals surface area contributed by atoms with E-state index in [-0.39, 0.29) is 0 Å². The molecule has 0 aromatic rings. The topological polar surface area (TPSA) is 225 Å². The highest BCUT2D eigenvalue weighted by atomic mass is 16.8. The Morgan fingerprint density at radius 3 is 1.55 bits per heavy atom. The van der Waals surface area contributed by atoms with E-state index in [9.17, 15) is 25.5 Å². The molecule has 3 heterocycles. The van der Waals surface area contributed by atoms with E-state index in [4.69, 9.17) is 40.9 Å². The molecular weight excluding hydrogens is 418 g/mol. The predicted octanol–water partition coefficient (Wildman–Crippen LogP) is -4.59. The summed E-state index contributed by atoms with van der Waals surface area (Å²) in [5.41, 5.74) is 17.7. The standard InChI is InChI=1S/C18H35N3O10/c1-4-8(20)11(23)14(16(26)27-4)30-18-15(12(24)9(21)6(3)29-18)31-17-13(25)10(22)7(19)5(2)28-17/h4-18,22-26H,19-21H2,1-3H3/t4-,5-,6-,7-,8-,9-,10+,11+,12+,13+,14+,15+,16+,17-,18-/m1/s1. The van der Waals surface area contributed by atoms with Crippen molar-refractivity contribution in [1.29, 1.82) is 0 Å². The van der Waals surface area contributed by atoms with Crippen LogP contribution >= 0.6 is 0 Å². The van der Waals surface area contributed by atoms with Crippen LogP contribution in [-0.4, -0.2) is 117 Å². The molecule has 0 aromatic carbocycles. The summed E-state index contributed by atoms with van der Waals surface area (Å²) < 4.78 is 28.0. The summed E-state index contributed by atoms with van der Waals surface area (Å²) in [6.45, 7) is 4.80. The molecule has 3 fully saturated rings. The van der Waals surface area contributed by atoms with Crippen LogP contribution in [0.3, 0.4) is 0 Å². The number of hydrogen-bond acceptors (Lipinski definition) is 13. The van der Waals surface area contributed by atoms with Crippen LogP contribution in [0.5, 0.6) is 0 Å². The molecule has 3 aliphatic rings. The minimum Gasteiger partial charge on any atom is -0.388 e. The summed E-state index contributed by atoms with van der Waals surface area (Å²) in [4.78, 5) is 0. The highest BCUT2D eigenvalue weighted by Crippen LogP contribution is 2.31. The molecule has 0 saturated carbocycles. The lowest BCUT2D eigenvalue weighted by Gasteiger charge is -2.48. The van der Waals surface area contributed by atoms with Gasteiger partial charge in [-0.2, -0.15) is 0 Å². The molecule has 31 heavy (non-hydrogen) atoms. The molecule has 0 spiro atoms. The van der Waals surface area contributed by atoms with Gasteiger partial charge in [0, 0.05) is 0 Å². The van der Waals surface area contributed by atoms with Crippen LogP contribution < -0.4 is 17.2 Å². The Labute approximate surface area is 179 Å². The van der Waals surface area contributed by atoms with Crippen LogP contribution in [0.4, 0.5) is 0 Å². The Morgan fingerprint density at radius 1 is 0.548 bits per heavy atom. The zero-order valence-corrected chi connectivity index (χ0v) is 17.7. The fourth-order valence-corrected chi connectivity index (χ4v) is 3.96. The highest BCUT2D eigenvalue weighted by molar-refractivity contribution is 4.96. The van der Waals surface area contributed by atoms with Crippen molar-refractivity contribution in [2.24, 2.45) is 17.2 Å². The largest absolute Gasteiger partial charge is 0.388 e. The molecule has 15 atom stereocenters. The van der Waals surface area contributed by atoms with E-state index < -0.39 is 91.9 Å². The van der Waals surface area contributed by atoms with Crippen molar-refractivity contribution in [3.8, 4) is 0 Å². The smallest absolute Gasteiger partial charge is 0.187 e. The van der Waals surface area contributed by atoms with Gasteiger partial charge in [-0.25, -0.2) is 0 Å². The fraction of sp³-hybridized carbons (Fsp3) is 1.00. The molecule has 13 nitrogen and oxygen atoms in total. The highest BCUT2D eigenvalue weighted by Gasteiger charge is 2.51. The summed E-state index contributed by atoms with van der Waals surface area (Å²) in [6, 6.07) is -2.57. The van der Waals surface area contributed by atoms with Crippen molar-refractivity contribution >= 4 is 0 Å². The number of ether oxygens (including phenoxy) is 5. The van der Waals surface area contributed by atoms with Crippen LogP contribution in [0.2, 0.25) is 0 Å². The summed E-state index contributed by atoms with van der Waals surface area (Å²) in [7, 11) is 0. The average Bonchev–Trinajstić information content (AvgIpc) is 2.72. The molecule has 0 radical (unpaired) electrons. The van der Waals surface area contributed by atoms with Crippen molar-refractivity contribution in [2.45, 2.75) is 113 Å². The van der Waals surface area contributed by atoms with Crippen molar-refractivity contribution < 1.29 is 49.2 Å². The quantitative estimate of drug-likeness (QED) is 0.201.